The molecule has 3 heteroatoms. The Kier molecular flexibility index (Phi) is 2.47. The molecule has 1 heterocycles. The van der Waals surface area contributed by atoms with Crippen molar-refractivity contribution in [2.45, 2.75) is 13.0 Å². The number of hydrogen-bond donors (Lipinski definition) is 0. The maximum Gasteiger partial charge on any atom is 0.129 e. The molecule has 0 aromatic heterocycles. The van der Waals surface area contributed by atoms with E-state index in [4.69, 9.17) is 5.26 Å². The molecule has 72 valence electrons. The third-order valence-electron chi connectivity index (χ3n) is 2.57. The maximum absolute atomic E-state index is 13.4. The molecular weight excluding hydrogens is 179 g/mol. The lowest BCUT2D eigenvalue weighted by molar-refractivity contribution is 0.170. The number of likely N-dealkylation sites (tertiary alicyclic amines) is 1. The monoisotopic (exact) mass is 190 g/mol. The zero-order chi connectivity index (χ0) is 9.97. The largest absolute Gasteiger partial charge is 0.299 e. The Balaban J connectivity index is 2.25. The first kappa shape index (κ1) is 9.17. The molecule has 0 bridgehead atoms. The minimum atomic E-state index is -0.268. The second-order valence-corrected chi connectivity index (χ2v) is 3.51. The first-order valence-corrected chi connectivity index (χ1v) is 4.71. The quantitative estimate of drug-likeness (QED) is 0.712. The molecule has 1 aliphatic heterocycles. The first-order chi connectivity index (χ1) is 6.81. The van der Waals surface area contributed by atoms with Gasteiger partial charge in [-0.1, -0.05) is 6.07 Å². The summed E-state index contributed by atoms with van der Waals surface area (Å²) in [6.45, 7) is 2.59. The summed E-state index contributed by atoms with van der Waals surface area (Å²) < 4.78 is 13.4. The van der Waals surface area contributed by atoms with E-state index in [-0.39, 0.29) is 5.82 Å². The van der Waals surface area contributed by atoms with Gasteiger partial charge in [-0.25, -0.2) is 4.39 Å². The second-order valence-electron chi connectivity index (χ2n) is 3.51. The number of nitrogens with zero attached hydrogens (tertiary/aromatic N) is 2. The maximum atomic E-state index is 13.4. The summed E-state index contributed by atoms with van der Waals surface area (Å²) in [6.07, 6.45) is 1.18. The van der Waals surface area contributed by atoms with Crippen molar-refractivity contribution in [2.24, 2.45) is 0 Å². The standard InChI is InChI=1S/C11H11FN2/c12-11-4-1-3-9(7-13)10(11)8-14-5-2-6-14/h1,3-4H,2,5-6,8H2. The van der Waals surface area contributed by atoms with Gasteiger partial charge in [-0.15, -0.1) is 0 Å². The molecule has 1 aromatic carbocycles. The zero-order valence-corrected chi connectivity index (χ0v) is 7.83. The van der Waals surface area contributed by atoms with E-state index in [0.717, 1.165) is 13.1 Å². The van der Waals surface area contributed by atoms with Crippen molar-refractivity contribution in [3.05, 3.63) is 35.1 Å². The lowest BCUT2D eigenvalue weighted by Crippen LogP contribution is -2.36. The Morgan fingerprint density at radius 3 is 2.79 bits per heavy atom. The summed E-state index contributed by atoms with van der Waals surface area (Å²) in [5.74, 6) is -0.268. The van der Waals surface area contributed by atoms with E-state index in [2.05, 4.69) is 4.90 Å². The lowest BCUT2D eigenvalue weighted by atomic mass is 10.1. The van der Waals surface area contributed by atoms with Crippen LogP contribution in [0.15, 0.2) is 18.2 Å². The van der Waals surface area contributed by atoms with Gasteiger partial charge in [0.05, 0.1) is 11.6 Å². The summed E-state index contributed by atoms with van der Waals surface area (Å²) in [6, 6.07) is 6.68. The number of nitriles is 1. The van der Waals surface area contributed by atoms with Crippen molar-refractivity contribution in [1.29, 1.82) is 5.26 Å². The fraction of sp³-hybridized carbons (Fsp3) is 0.364. The fourth-order valence-electron chi connectivity index (χ4n) is 1.59. The highest BCUT2D eigenvalue weighted by Gasteiger charge is 2.17. The van der Waals surface area contributed by atoms with Gasteiger partial charge in [-0.05, 0) is 31.6 Å². The SMILES string of the molecule is N#Cc1cccc(F)c1CN1CCC1. The molecule has 1 aromatic rings. The van der Waals surface area contributed by atoms with Crippen molar-refractivity contribution in [3.8, 4) is 6.07 Å². The summed E-state index contributed by atoms with van der Waals surface area (Å²) in [5, 5.41) is 8.81. The fourth-order valence-corrected chi connectivity index (χ4v) is 1.59. The molecule has 2 rings (SSSR count). The lowest BCUT2D eigenvalue weighted by Gasteiger charge is -2.30. The van der Waals surface area contributed by atoms with Crippen LogP contribution in [0.5, 0.6) is 0 Å². The van der Waals surface area contributed by atoms with E-state index in [1.165, 1.54) is 12.5 Å². The van der Waals surface area contributed by atoms with Gasteiger partial charge in [0, 0.05) is 12.1 Å². The highest BCUT2D eigenvalue weighted by atomic mass is 19.1. The number of rotatable bonds is 2. The van der Waals surface area contributed by atoms with Crippen LogP contribution in [0.4, 0.5) is 4.39 Å². The van der Waals surface area contributed by atoms with Crippen molar-refractivity contribution in [2.75, 3.05) is 13.1 Å². The van der Waals surface area contributed by atoms with Gasteiger partial charge in [-0.3, -0.25) is 4.90 Å². The number of benzene rings is 1. The van der Waals surface area contributed by atoms with E-state index in [1.807, 2.05) is 6.07 Å². The molecule has 0 aliphatic carbocycles. The second kappa shape index (κ2) is 3.77. The average Bonchev–Trinajstić information content (AvgIpc) is 2.12. The van der Waals surface area contributed by atoms with Crippen molar-refractivity contribution >= 4 is 0 Å². The van der Waals surface area contributed by atoms with E-state index in [1.54, 1.807) is 12.1 Å². The van der Waals surface area contributed by atoms with E-state index < -0.39 is 0 Å². The molecule has 0 atom stereocenters. The summed E-state index contributed by atoms with van der Waals surface area (Å²) in [5.41, 5.74) is 0.992. The van der Waals surface area contributed by atoms with Gasteiger partial charge in [0.2, 0.25) is 0 Å². The van der Waals surface area contributed by atoms with Crippen LogP contribution in [0.25, 0.3) is 0 Å². The minimum Gasteiger partial charge on any atom is -0.299 e. The van der Waals surface area contributed by atoms with Gasteiger partial charge in [0.15, 0.2) is 0 Å². The van der Waals surface area contributed by atoms with Crippen molar-refractivity contribution in [3.63, 3.8) is 0 Å². The molecule has 1 fully saturated rings. The Morgan fingerprint density at radius 2 is 2.21 bits per heavy atom. The van der Waals surface area contributed by atoms with Gasteiger partial charge < -0.3 is 0 Å². The van der Waals surface area contributed by atoms with Crippen LogP contribution in [-0.4, -0.2) is 18.0 Å². The van der Waals surface area contributed by atoms with Gasteiger partial charge >= 0.3 is 0 Å². The van der Waals surface area contributed by atoms with Crippen LogP contribution in [-0.2, 0) is 6.54 Å². The first-order valence-electron chi connectivity index (χ1n) is 4.71. The summed E-state index contributed by atoms with van der Waals surface area (Å²) >= 11 is 0. The molecule has 2 nitrogen and oxygen atoms in total. The molecule has 0 saturated carbocycles. The van der Waals surface area contributed by atoms with Gasteiger partial charge in [0.1, 0.15) is 5.82 Å². The topological polar surface area (TPSA) is 27.0 Å². The highest BCUT2D eigenvalue weighted by Crippen LogP contribution is 2.18. The predicted molar refractivity (Wildman–Crippen MR) is 51.0 cm³/mol. The molecule has 0 amide bonds. The van der Waals surface area contributed by atoms with Crippen LogP contribution >= 0.6 is 0 Å². The number of hydrogen-bond acceptors (Lipinski definition) is 2. The van der Waals surface area contributed by atoms with Crippen molar-refractivity contribution < 1.29 is 4.39 Å². The normalized spacial score (nSPS) is 16.0. The van der Waals surface area contributed by atoms with E-state index in [0.29, 0.717) is 17.7 Å². The van der Waals surface area contributed by atoms with Crippen LogP contribution in [0, 0.1) is 17.1 Å². The summed E-state index contributed by atoms with van der Waals surface area (Å²) in [7, 11) is 0. The molecule has 14 heavy (non-hydrogen) atoms. The van der Waals surface area contributed by atoms with Gasteiger partial charge in [0.25, 0.3) is 0 Å². The summed E-state index contributed by atoms with van der Waals surface area (Å²) in [4.78, 5) is 2.14. The Labute approximate surface area is 82.6 Å². The molecular formula is C11H11FN2. The molecule has 1 saturated heterocycles. The molecule has 1 aliphatic rings. The Bertz CT molecular complexity index is 377. The Hall–Kier alpha value is -1.40. The highest BCUT2D eigenvalue weighted by molar-refractivity contribution is 5.38. The van der Waals surface area contributed by atoms with Crippen molar-refractivity contribution in [1.82, 2.24) is 4.90 Å². The van der Waals surface area contributed by atoms with Crippen LogP contribution in [0.2, 0.25) is 0 Å². The predicted octanol–water partition coefficient (Wildman–Crippen LogP) is 1.90. The number of halogens is 1. The van der Waals surface area contributed by atoms with Gasteiger partial charge in [-0.2, -0.15) is 5.26 Å². The Morgan fingerprint density at radius 1 is 1.43 bits per heavy atom. The molecule has 0 radical (unpaired) electrons. The molecule has 0 unspecified atom stereocenters. The average molecular weight is 190 g/mol. The zero-order valence-electron chi connectivity index (χ0n) is 7.83. The third kappa shape index (κ3) is 1.61. The third-order valence-corrected chi connectivity index (χ3v) is 2.57. The smallest absolute Gasteiger partial charge is 0.129 e. The van der Waals surface area contributed by atoms with Crippen LogP contribution in [0.3, 0.4) is 0 Å². The van der Waals surface area contributed by atoms with Crippen LogP contribution in [0.1, 0.15) is 17.5 Å². The van der Waals surface area contributed by atoms with E-state index >= 15 is 0 Å². The van der Waals surface area contributed by atoms with E-state index in [9.17, 15) is 4.39 Å². The minimum absolute atomic E-state index is 0.268. The molecule has 0 spiro atoms. The van der Waals surface area contributed by atoms with Crippen LogP contribution < -0.4 is 0 Å². The molecule has 0 N–H and O–H groups in total.